The predicted octanol–water partition coefficient (Wildman–Crippen LogP) is 2.34. The van der Waals surface area contributed by atoms with Gasteiger partial charge >= 0.3 is 0 Å². The third-order valence-electron chi connectivity index (χ3n) is 2.96. The summed E-state index contributed by atoms with van der Waals surface area (Å²) in [6.07, 6.45) is 0. The van der Waals surface area contributed by atoms with Crippen LogP contribution in [0.5, 0.6) is 0 Å². The van der Waals surface area contributed by atoms with Crippen LogP contribution in [-0.2, 0) is 6.61 Å². The minimum atomic E-state index is -0.258. The lowest BCUT2D eigenvalue weighted by Gasteiger charge is -2.30. The Morgan fingerprint density at radius 3 is 2.42 bits per heavy atom. The van der Waals surface area contributed by atoms with E-state index in [1.165, 1.54) is 6.07 Å². The summed E-state index contributed by atoms with van der Waals surface area (Å²) in [7, 11) is 4.00. The number of likely N-dealkylation sites (N-methyl/N-ethyl adjacent to an activating group) is 1. The highest BCUT2D eigenvalue weighted by molar-refractivity contribution is 5.54. The molecule has 0 saturated carbocycles. The number of hydrogen-bond acceptors (Lipinski definition) is 3. The van der Waals surface area contributed by atoms with E-state index in [-0.39, 0.29) is 12.4 Å². The number of hydrogen-bond donors (Lipinski definition) is 1. The minimum Gasteiger partial charge on any atom is -0.392 e. The first kappa shape index (κ1) is 15.9. The van der Waals surface area contributed by atoms with Gasteiger partial charge in [0.25, 0.3) is 0 Å². The summed E-state index contributed by atoms with van der Waals surface area (Å²) < 4.78 is 14.1. The summed E-state index contributed by atoms with van der Waals surface area (Å²) in [5.74, 6) is 0.180. The molecule has 0 aromatic heterocycles. The van der Waals surface area contributed by atoms with Gasteiger partial charge in [-0.25, -0.2) is 4.39 Å². The Morgan fingerprint density at radius 2 is 1.89 bits per heavy atom. The van der Waals surface area contributed by atoms with E-state index >= 15 is 0 Å². The Morgan fingerprint density at radius 1 is 1.21 bits per heavy atom. The van der Waals surface area contributed by atoms with Crippen LogP contribution in [0.15, 0.2) is 18.2 Å². The Labute approximate surface area is 115 Å². The quantitative estimate of drug-likeness (QED) is 0.822. The third kappa shape index (κ3) is 4.80. The lowest BCUT2D eigenvalue weighted by molar-refractivity contribution is 0.281. The fourth-order valence-corrected chi connectivity index (χ4v) is 2.10. The molecule has 1 aromatic carbocycles. The van der Waals surface area contributed by atoms with Crippen LogP contribution in [0.3, 0.4) is 0 Å². The molecule has 1 rings (SSSR count). The molecule has 0 radical (unpaired) electrons. The van der Waals surface area contributed by atoms with E-state index < -0.39 is 0 Å². The fraction of sp³-hybridized carbons (Fsp3) is 0.600. The van der Waals surface area contributed by atoms with Crippen LogP contribution in [0.1, 0.15) is 19.4 Å². The van der Waals surface area contributed by atoms with Crippen molar-refractivity contribution in [1.29, 1.82) is 0 Å². The van der Waals surface area contributed by atoms with Gasteiger partial charge < -0.3 is 14.9 Å². The van der Waals surface area contributed by atoms with Crippen LogP contribution in [0.4, 0.5) is 10.1 Å². The van der Waals surface area contributed by atoms with E-state index in [9.17, 15) is 9.50 Å². The van der Waals surface area contributed by atoms with Crippen molar-refractivity contribution in [3.05, 3.63) is 29.6 Å². The van der Waals surface area contributed by atoms with Gasteiger partial charge in [0.2, 0.25) is 0 Å². The van der Waals surface area contributed by atoms with E-state index in [0.717, 1.165) is 19.6 Å². The Balaban J connectivity index is 3.01. The molecule has 4 heteroatoms. The van der Waals surface area contributed by atoms with Gasteiger partial charge in [-0.3, -0.25) is 0 Å². The molecule has 0 atom stereocenters. The predicted molar refractivity (Wildman–Crippen MR) is 77.9 cm³/mol. The minimum absolute atomic E-state index is 0.135. The molecule has 0 heterocycles. The number of rotatable bonds is 7. The van der Waals surface area contributed by atoms with E-state index in [1.807, 2.05) is 19.0 Å². The van der Waals surface area contributed by atoms with Crippen molar-refractivity contribution < 1.29 is 9.50 Å². The van der Waals surface area contributed by atoms with Gasteiger partial charge in [-0.1, -0.05) is 26.0 Å². The Kier molecular flexibility index (Phi) is 6.25. The van der Waals surface area contributed by atoms with Crippen LogP contribution < -0.4 is 4.90 Å². The number of nitrogens with zero attached hydrogens (tertiary/aromatic N) is 2. The van der Waals surface area contributed by atoms with Crippen molar-refractivity contribution >= 4 is 5.69 Å². The van der Waals surface area contributed by atoms with Crippen LogP contribution in [-0.4, -0.2) is 43.7 Å². The maximum Gasteiger partial charge on any atom is 0.146 e. The third-order valence-corrected chi connectivity index (χ3v) is 2.96. The maximum atomic E-state index is 14.1. The van der Waals surface area contributed by atoms with Gasteiger partial charge in [0.15, 0.2) is 0 Å². The number of anilines is 1. The van der Waals surface area contributed by atoms with Crippen LogP contribution in [0.2, 0.25) is 0 Å². The molecule has 19 heavy (non-hydrogen) atoms. The smallest absolute Gasteiger partial charge is 0.146 e. The number of aliphatic hydroxyl groups is 1. The van der Waals surface area contributed by atoms with Crippen molar-refractivity contribution in [1.82, 2.24) is 4.90 Å². The summed E-state index contributed by atoms with van der Waals surface area (Å²) in [6.45, 7) is 6.47. The summed E-state index contributed by atoms with van der Waals surface area (Å²) in [6, 6.07) is 4.88. The molecule has 3 nitrogen and oxygen atoms in total. The normalized spacial score (nSPS) is 11.4. The number of benzene rings is 1. The highest BCUT2D eigenvalue weighted by Gasteiger charge is 2.16. The van der Waals surface area contributed by atoms with Crippen molar-refractivity contribution in [2.45, 2.75) is 20.5 Å². The molecule has 0 bridgehead atoms. The molecular formula is C15H25FN2O. The molecule has 0 aliphatic heterocycles. The molecule has 0 amide bonds. The van der Waals surface area contributed by atoms with Gasteiger partial charge in [-0.05, 0) is 26.1 Å². The molecule has 0 spiro atoms. The van der Waals surface area contributed by atoms with E-state index in [2.05, 4.69) is 18.7 Å². The van der Waals surface area contributed by atoms with Gasteiger partial charge in [0.05, 0.1) is 12.3 Å². The summed E-state index contributed by atoms with van der Waals surface area (Å²) in [5.41, 5.74) is 1.19. The second-order valence-electron chi connectivity index (χ2n) is 5.55. The molecule has 1 aromatic rings. The largest absolute Gasteiger partial charge is 0.392 e. The van der Waals surface area contributed by atoms with Crippen molar-refractivity contribution in [3.63, 3.8) is 0 Å². The molecule has 0 unspecified atom stereocenters. The number of aliphatic hydroxyl groups excluding tert-OH is 1. The molecular weight excluding hydrogens is 243 g/mol. The zero-order valence-corrected chi connectivity index (χ0v) is 12.4. The standard InChI is InChI=1S/C15H25FN2O/c1-12(2)10-18(9-8-17(3)4)15-13(11-19)6-5-7-14(15)16/h5-7,12,19H,8-11H2,1-4H3. The lowest BCUT2D eigenvalue weighted by atomic mass is 10.1. The lowest BCUT2D eigenvalue weighted by Crippen LogP contribution is -2.35. The number of halogens is 1. The summed E-state index contributed by atoms with van der Waals surface area (Å²) in [5, 5.41) is 9.40. The second kappa shape index (κ2) is 7.46. The Hall–Kier alpha value is -1.13. The molecule has 0 fully saturated rings. The van der Waals surface area contributed by atoms with Crippen molar-refractivity contribution in [3.8, 4) is 0 Å². The first-order valence-corrected chi connectivity index (χ1v) is 6.73. The van der Waals surface area contributed by atoms with Crippen LogP contribution in [0.25, 0.3) is 0 Å². The topological polar surface area (TPSA) is 26.7 Å². The van der Waals surface area contributed by atoms with Crippen LogP contribution in [0, 0.1) is 11.7 Å². The van der Waals surface area contributed by atoms with Gasteiger partial charge in [0, 0.05) is 25.2 Å². The van der Waals surface area contributed by atoms with Gasteiger partial charge in [0.1, 0.15) is 5.82 Å². The average molecular weight is 268 g/mol. The second-order valence-corrected chi connectivity index (χ2v) is 5.55. The average Bonchev–Trinajstić information content (AvgIpc) is 2.33. The molecule has 108 valence electrons. The molecule has 0 saturated heterocycles. The van der Waals surface area contributed by atoms with Crippen LogP contribution >= 0.6 is 0 Å². The zero-order chi connectivity index (χ0) is 14.4. The van der Waals surface area contributed by atoms with Crippen molar-refractivity contribution in [2.75, 3.05) is 38.6 Å². The molecule has 0 aliphatic rings. The van der Waals surface area contributed by atoms with Gasteiger partial charge in [-0.15, -0.1) is 0 Å². The monoisotopic (exact) mass is 268 g/mol. The van der Waals surface area contributed by atoms with E-state index in [0.29, 0.717) is 17.2 Å². The van der Waals surface area contributed by atoms with Gasteiger partial charge in [-0.2, -0.15) is 0 Å². The number of para-hydroxylation sites is 1. The maximum absolute atomic E-state index is 14.1. The summed E-state index contributed by atoms with van der Waals surface area (Å²) in [4.78, 5) is 4.11. The molecule has 1 N–H and O–H groups in total. The first-order chi connectivity index (χ1) is 8.95. The van der Waals surface area contributed by atoms with E-state index in [4.69, 9.17) is 0 Å². The zero-order valence-electron chi connectivity index (χ0n) is 12.4. The highest BCUT2D eigenvalue weighted by Crippen LogP contribution is 2.25. The SMILES string of the molecule is CC(C)CN(CCN(C)C)c1c(F)cccc1CO. The highest BCUT2D eigenvalue weighted by atomic mass is 19.1. The van der Waals surface area contributed by atoms with Crippen molar-refractivity contribution in [2.24, 2.45) is 5.92 Å². The first-order valence-electron chi connectivity index (χ1n) is 6.73. The molecule has 0 aliphatic carbocycles. The van der Waals surface area contributed by atoms with E-state index in [1.54, 1.807) is 12.1 Å². The Bertz CT molecular complexity index is 394. The fourth-order valence-electron chi connectivity index (χ4n) is 2.10. The summed E-state index contributed by atoms with van der Waals surface area (Å²) >= 11 is 0.